The number of halogens is 2. The van der Waals surface area contributed by atoms with E-state index in [4.69, 9.17) is 16.3 Å². The number of rotatable bonds is 3. The van der Waals surface area contributed by atoms with Gasteiger partial charge in [0.2, 0.25) is 10.0 Å². The summed E-state index contributed by atoms with van der Waals surface area (Å²) in [5.41, 5.74) is -0.677. The summed E-state index contributed by atoms with van der Waals surface area (Å²) in [5.74, 6) is -0.521. The molecule has 0 radical (unpaired) electrons. The van der Waals surface area contributed by atoms with Crippen molar-refractivity contribution in [2.45, 2.75) is 50.2 Å². The molecular formula is C18H20BrClN2O4S. The van der Waals surface area contributed by atoms with Crippen LogP contribution in [0.3, 0.4) is 0 Å². The lowest BCUT2D eigenvalue weighted by molar-refractivity contribution is -0.158. The van der Waals surface area contributed by atoms with Crippen LogP contribution in [-0.4, -0.2) is 41.9 Å². The van der Waals surface area contributed by atoms with E-state index in [2.05, 4.69) is 20.9 Å². The lowest BCUT2D eigenvalue weighted by Crippen LogP contribution is -2.43. The van der Waals surface area contributed by atoms with Gasteiger partial charge in [-0.2, -0.15) is 4.31 Å². The Morgan fingerprint density at radius 2 is 2.04 bits per heavy atom. The van der Waals surface area contributed by atoms with E-state index in [-0.39, 0.29) is 16.6 Å². The predicted octanol–water partition coefficient (Wildman–Crippen LogP) is 4.15. The Balaban J connectivity index is 1.99. The van der Waals surface area contributed by atoms with Crippen molar-refractivity contribution in [3.63, 3.8) is 0 Å². The second-order valence-corrected chi connectivity index (χ2v) is 10.5. The van der Waals surface area contributed by atoms with Crippen molar-refractivity contribution >= 4 is 54.3 Å². The van der Waals surface area contributed by atoms with Crippen LogP contribution >= 0.6 is 27.5 Å². The smallest absolute Gasteiger partial charge is 0.324 e. The van der Waals surface area contributed by atoms with Gasteiger partial charge in [-0.25, -0.2) is 13.4 Å². The van der Waals surface area contributed by atoms with E-state index in [1.165, 1.54) is 16.4 Å². The van der Waals surface area contributed by atoms with Crippen molar-refractivity contribution in [1.29, 1.82) is 0 Å². The number of sulfonamides is 1. The van der Waals surface area contributed by atoms with Gasteiger partial charge in [0, 0.05) is 28.0 Å². The highest BCUT2D eigenvalue weighted by molar-refractivity contribution is 9.10. The van der Waals surface area contributed by atoms with Crippen molar-refractivity contribution in [2.75, 3.05) is 6.54 Å². The van der Waals surface area contributed by atoms with Gasteiger partial charge in [0.05, 0.1) is 4.90 Å². The fourth-order valence-electron chi connectivity index (χ4n) is 3.08. The van der Waals surface area contributed by atoms with Gasteiger partial charge in [0.1, 0.15) is 16.8 Å². The Morgan fingerprint density at radius 1 is 1.33 bits per heavy atom. The molecule has 0 aliphatic carbocycles. The van der Waals surface area contributed by atoms with Gasteiger partial charge in [0.15, 0.2) is 0 Å². The number of fused-ring (bicyclic) bond motifs is 1. The molecule has 9 heteroatoms. The highest BCUT2D eigenvalue weighted by Crippen LogP contribution is 2.33. The molecule has 2 aromatic rings. The van der Waals surface area contributed by atoms with E-state index < -0.39 is 27.6 Å². The van der Waals surface area contributed by atoms with Crippen LogP contribution in [0.5, 0.6) is 0 Å². The third-order valence-electron chi connectivity index (χ3n) is 4.25. The molecule has 0 N–H and O–H groups in total. The number of nitrogens with zero attached hydrogens (tertiary/aromatic N) is 2. The van der Waals surface area contributed by atoms with E-state index in [1.54, 1.807) is 33.0 Å². The van der Waals surface area contributed by atoms with Crippen molar-refractivity contribution in [3.05, 3.63) is 34.0 Å². The van der Waals surface area contributed by atoms with Crippen LogP contribution < -0.4 is 0 Å². The van der Waals surface area contributed by atoms with Crippen molar-refractivity contribution in [3.8, 4) is 0 Å². The standard InChI is InChI=1S/C18H20BrClN2O4S/c1-18(2,3)26-17(23)15-5-4-8-22(15)27(24,25)11-6-7-12-13(9-11)16(20)21-10-14(12)19/h6-7,9-10,15H,4-5,8H2,1-3H3/t15-/m0/s1. The molecule has 1 fully saturated rings. The molecule has 1 saturated heterocycles. The molecule has 1 aliphatic heterocycles. The first-order chi connectivity index (χ1) is 12.5. The first-order valence-electron chi connectivity index (χ1n) is 8.49. The van der Waals surface area contributed by atoms with Gasteiger partial charge in [-0.05, 0) is 61.7 Å². The van der Waals surface area contributed by atoms with Crippen molar-refractivity contribution in [1.82, 2.24) is 9.29 Å². The van der Waals surface area contributed by atoms with Gasteiger partial charge in [-0.1, -0.05) is 17.7 Å². The van der Waals surface area contributed by atoms with E-state index in [1.807, 2.05) is 0 Å². The van der Waals surface area contributed by atoms with Crippen LogP contribution in [-0.2, 0) is 19.6 Å². The first kappa shape index (κ1) is 20.5. The SMILES string of the molecule is CC(C)(C)OC(=O)[C@@H]1CCCN1S(=O)(=O)c1ccc2c(Br)cnc(Cl)c2c1. The Kier molecular flexibility index (Phi) is 5.55. The number of carbonyl (C=O) groups excluding carboxylic acids is 1. The highest BCUT2D eigenvalue weighted by atomic mass is 79.9. The summed E-state index contributed by atoms with van der Waals surface area (Å²) in [5, 5.41) is 1.51. The van der Waals surface area contributed by atoms with Crippen molar-refractivity contribution < 1.29 is 17.9 Å². The van der Waals surface area contributed by atoms with Gasteiger partial charge >= 0.3 is 5.97 Å². The number of ether oxygens (including phenoxy) is 1. The van der Waals surface area contributed by atoms with Gasteiger partial charge in [0.25, 0.3) is 0 Å². The maximum absolute atomic E-state index is 13.2. The fraction of sp³-hybridized carbons (Fsp3) is 0.444. The zero-order valence-corrected chi connectivity index (χ0v) is 18.4. The summed E-state index contributed by atoms with van der Waals surface area (Å²) in [4.78, 5) is 16.6. The largest absolute Gasteiger partial charge is 0.459 e. The number of hydrogen-bond donors (Lipinski definition) is 0. The van der Waals surface area contributed by atoms with Gasteiger partial charge in [-0.3, -0.25) is 4.79 Å². The zero-order chi connectivity index (χ0) is 20.0. The minimum atomic E-state index is -3.88. The average molecular weight is 476 g/mol. The maximum Gasteiger partial charge on any atom is 0.324 e. The second-order valence-electron chi connectivity index (χ2n) is 7.41. The molecule has 1 aromatic heterocycles. The lowest BCUT2D eigenvalue weighted by atomic mass is 10.2. The molecule has 146 valence electrons. The zero-order valence-electron chi connectivity index (χ0n) is 15.2. The summed E-state index contributed by atoms with van der Waals surface area (Å²) in [6.45, 7) is 5.55. The summed E-state index contributed by atoms with van der Waals surface area (Å²) in [6.07, 6.45) is 2.61. The number of pyridine rings is 1. The van der Waals surface area contributed by atoms with Crippen LogP contribution in [0.4, 0.5) is 0 Å². The number of benzene rings is 1. The number of hydrogen-bond acceptors (Lipinski definition) is 5. The van der Waals surface area contributed by atoms with Crippen LogP contribution in [0.1, 0.15) is 33.6 Å². The van der Waals surface area contributed by atoms with Gasteiger partial charge < -0.3 is 4.74 Å². The third kappa shape index (κ3) is 4.13. The molecule has 0 saturated carbocycles. The molecule has 0 bridgehead atoms. The van der Waals surface area contributed by atoms with E-state index in [9.17, 15) is 13.2 Å². The molecule has 0 spiro atoms. The Labute approximate surface area is 172 Å². The summed E-state index contributed by atoms with van der Waals surface area (Å²) in [6, 6.07) is 3.87. The predicted molar refractivity (Wildman–Crippen MR) is 107 cm³/mol. The van der Waals surface area contributed by atoms with E-state index in [0.29, 0.717) is 18.2 Å². The molecule has 1 aromatic carbocycles. The van der Waals surface area contributed by atoms with Crippen LogP contribution in [0.15, 0.2) is 33.8 Å². The third-order valence-corrected chi connectivity index (χ3v) is 7.09. The normalized spacial score (nSPS) is 18.8. The molecule has 2 heterocycles. The fourth-order valence-corrected chi connectivity index (χ4v) is 5.41. The monoisotopic (exact) mass is 474 g/mol. The maximum atomic E-state index is 13.2. The average Bonchev–Trinajstić information content (AvgIpc) is 3.07. The Hall–Kier alpha value is -1.22. The Morgan fingerprint density at radius 3 is 2.70 bits per heavy atom. The first-order valence-corrected chi connectivity index (χ1v) is 11.1. The minimum Gasteiger partial charge on any atom is -0.459 e. The molecule has 0 amide bonds. The summed E-state index contributed by atoms with van der Waals surface area (Å²) in [7, 11) is -3.88. The van der Waals surface area contributed by atoms with Crippen LogP contribution in [0.2, 0.25) is 5.15 Å². The summed E-state index contributed by atoms with van der Waals surface area (Å²) < 4.78 is 33.7. The molecule has 6 nitrogen and oxygen atoms in total. The van der Waals surface area contributed by atoms with Crippen LogP contribution in [0, 0.1) is 0 Å². The molecular weight excluding hydrogens is 456 g/mol. The number of carbonyl (C=O) groups is 1. The van der Waals surface area contributed by atoms with E-state index in [0.717, 1.165) is 9.86 Å². The molecule has 0 unspecified atom stereocenters. The molecule has 1 aliphatic rings. The quantitative estimate of drug-likeness (QED) is 0.492. The Bertz CT molecular complexity index is 1000. The topological polar surface area (TPSA) is 76.6 Å². The van der Waals surface area contributed by atoms with Gasteiger partial charge in [-0.15, -0.1) is 0 Å². The molecule has 1 atom stereocenters. The van der Waals surface area contributed by atoms with E-state index >= 15 is 0 Å². The number of aromatic nitrogens is 1. The lowest BCUT2D eigenvalue weighted by Gasteiger charge is -2.27. The minimum absolute atomic E-state index is 0.0762. The number of esters is 1. The van der Waals surface area contributed by atoms with Crippen molar-refractivity contribution in [2.24, 2.45) is 0 Å². The highest BCUT2D eigenvalue weighted by Gasteiger charge is 2.41. The van der Waals surface area contributed by atoms with Crippen LogP contribution in [0.25, 0.3) is 10.8 Å². The second kappa shape index (κ2) is 7.31. The molecule has 27 heavy (non-hydrogen) atoms. The molecule has 3 rings (SSSR count). The summed E-state index contributed by atoms with van der Waals surface area (Å²) >= 11 is 9.53.